The van der Waals surface area contributed by atoms with Crippen LogP contribution >= 0.6 is 0 Å². The number of methoxy groups -OCH3 is 1. The molecule has 1 rings (SSSR count). The Morgan fingerprint density at radius 2 is 2.33 bits per heavy atom. The Kier molecular flexibility index (Phi) is 4.92. The third kappa shape index (κ3) is 4.66. The zero-order valence-corrected chi connectivity index (χ0v) is 8.97. The summed E-state index contributed by atoms with van der Waals surface area (Å²) in [5, 5.41) is 7.55. The molecule has 0 amide bonds. The Morgan fingerprint density at radius 3 is 2.93 bits per heavy atom. The minimum Gasteiger partial charge on any atom is -0.382 e. The van der Waals surface area contributed by atoms with Gasteiger partial charge in [0.15, 0.2) is 5.78 Å². The van der Waals surface area contributed by atoms with Crippen LogP contribution in [-0.2, 0) is 27.7 Å². The molecule has 0 radical (unpaired) electrons. The van der Waals surface area contributed by atoms with Gasteiger partial charge in [-0.3, -0.25) is 9.48 Å². The van der Waals surface area contributed by atoms with Crippen LogP contribution in [0.5, 0.6) is 0 Å². The summed E-state index contributed by atoms with van der Waals surface area (Å²) < 4.78 is 11.4. The maximum absolute atomic E-state index is 11.3. The molecule has 1 aromatic rings. The van der Waals surface area contributed by atoms with Gasteiger partial charge in [0.25, 0.3) is 0 Å². The predicted octanol–water partition coefficient (Wildman–Crippen LogP) is -0.410. The molecule has 0 aliphatic rings. The van der Waals surface area contributed by atoms with Gasteiger partial charge in [0.05, 0.1) is 25.3 Å². The zero-order valence-electron chi connectivity index (χ0n) is 8.97. The second-order valence-corrected chi connectivity index (χ2v) is 3.14. The van der Waals surface area contributed by atoms with E-state index in [1.165, 1.54) is 0 Å². The number of rotatable bonds is 7. The number of hydrogen-bond acceptors (Lipinski definition) is 5. The summed E-state index contributed by atoms with van der Waals surface area (Å²) in [7, 11) is 3.35. The van der Waals surface area contributed by atoms with E-state index in [9.17, 15) is 4.79 Å². The van der Waals surface area contributed by atoms with Crippen molar-refractivity contribution in [3.8, 4) is 0 Å². The molecule has 0 fully saturated rings. The van der Waals surface area contributed by atoms with Gasteiger partial charge in [-0.1, -0.05) is 5.21 Å². The van der Waals surface area contributed by atoms with E-state index in [-0.39, 0.29) is 18.8 Å². The van der Waals surface area contributed by atoms with E-state index < -0.39 is 0 Å². The highest BCUT2D eigenvalue weighted by Gasteiger charge is 2.06. The van der Waals surface area contributed by atoms with Crippen LogP contribution in [0.2, 0.25) is 0 Å². The first-order chi connectivity index (χ1) is 7.22. The van der Waals surface area contributed by atoms with Gasteiger partial charge in [0.2, 0.25) is 0 Å². The van der Waals surface area contributed by atoms with Crippen molar-refractivity contribution >= 4 is 5.78 Å². The fourth-order valence-corrected chi connectivity index (χ4v) is 1.06. The van der Waals surface area contributed by atoms with Crippen LogP contribution in [0.3, 0.4) is 0 Å². The predicted molar refractivity (Wildman–Crippen MR) is 52.4 cm³/mol. The van der Waals surface area contributed by atoms with Crippen molar-refractivity contribution in [3.05, 3.63) is 11.9 Å². The molecule has 0 aliphatic carbocycles. The molecule has 0 spiro atoms. The van der Waals surface area contributed by atoms with Gasteiger partial charge in [-0.15, -0.1) is 5.10 Å². The molecule has 6 nitrogen and oxygen atoms in total. The van der Waals surface area contributed by atoms with Crippen LogP contribution in [0.4, 0.5) is 0 Å². The van der Waals surface area contributed by atoms with E-state index in [1.807, 2.05) is 0 Å². The average Bonchev–Trinajstić information content (AvgIpc) is 2.59. The van der Waals surface area contributed by atoms with Crippen LogP contribution in [0.15, 0.2) is 6.20 Å². The molecule has 0 atom stereocenters. The fourth-order valence-electron chi connectivity index (χ4n) is 1.06. The van der Waals surface area contributed by atoms with E-state index >= 15 is 0 Å². The summed E-state index contributed by atoms with van der Waals surface area (Å²) in [6.07, 6.45) is 1.98. The maximum atomic E-state index is 11.3. The third-order valence-corrected chi connectivity index (χ3v) is 1.72. The highest BCUT2D eigenvalue weighted by molar-refractivity contribution is 5.81. The van der Waals surface area contributed by atoms with Crippen molar-refractivity contribution in [3.63, 3.8) is 0 Å². The van der Waals surface area contributed by atoms with Crippen molar-refractivity contribution in [1.82, 2.24) is 15.0 Å². The second kappa shape index (κ2) is 6.26. The number of nitrogens with zero attached hydrogens (tertiary/aromatic N) is 3. The lowest BCUT2D eigenvalue weighted by Gasteiger charge is -2.01. The summed E-state index contributed by atoms with van der Waals surface area (Å²) in [6.45, 7) is 1.03. The Morgan fingerprint density at radius 1 is 1.53 bits per heavy atom. The highest BCUT2D eigenvalue weighted by atomic mass is 16.5. The SMILES string of the molecule is COCCOCC(=O)Cc1cn(C)nn1. The maximum Gasteiger partial charge on any atom is 0.164 e. The first-order valence-electron chi connectivity index (χ1n) is 4.66. The average molecular weight is 213 g/mol. The second-order valence-electron chi connectivity index (χ2n) is 3.14. The highest BCUT2D eigenvalue weighted by Crippen LogP contribution is 1.94. The Balaban J connectivity index is 2.18. The number of hydrogen-bond donors (Lipinski definition) is 0. The Labute approximate surface area is 88.2 Å². The molecule has 0 aromatic carbocycles. The van der Waals surface area contributed by atoms with Gasteiger partial charge in [-0.25, -0.2) is 0 Å². The van der Waals surface area contributed by atoms with Crippen molar-refractivity contribution in [2.45, 2.75) is 6.42 Å². The molecular formula is C9H15N3O3. The normalized spacial score (nSPS) is 10.5. The summed E-state index contributed by atoms with van der Waals surface area (Å²) in [6, 6.07) is 0. The van der Waals surface area contributed by atoms with Crippen molar-refractivity contribution in [1.29, 1.82) is 0 Å². The minimum atomic E-state index is -0.00777. The fraction of sp³-hybridized carbons (Fsp3) is 0.667. The molecule has 15 heavy (non-hydrogen) atoms. The molecule has 84 valence electrons. The summed E-state index contributed by atoms with van der Waals surface area (Å²) in [5.41, 5.74) is 0.665. The molecule has 6 heteroatoms. The van der Waals surface area contributed by atoms with Gasteiger partial charge < -0.3 is 9.47 Å². The largest absolute Gasteiger partial charge is 0.382 e. The van der Waals surface area contributed by atoms with E-state index in [2.05, 4.69) is 10.3 Å². The van der Waals surface area contributed by atoms with E-state index in [1.54, 1.807) is 25.0 Å². The van der Waals surface area contributed by atoms with Gasteiger partial charge in [0.1, 0.15) is 6.61 Å². The van der Waals surface area contributed by atoms with Crippen LogP contribution < -0.4 is 0 Å². The molecule has 0 saturated carbocycles. The number of aromatic nitrogens is 3. The van der Waals surface area contributed by atoms with Gasteiger partial charge in [-0.2, -0.15) is 0 Å². The molecule has 0 bridgehead atoms. The van der Waals surface area contributed by atoms with Crippen molar-refractivity contribution in [2.75, 3.05) is 26.9 Å². The Hall–Kier alpha value is -1.27. The number of carbonyl (C=O) groups excluding carboxylic acids is 1. The molecule has 1 aromatic heterocycles. The number of aryl methyl sites for hydroxylation is 1. The Bertz CT molecular complexity index is 311. The first-order valence-corrected chi connectivity index (χ1v) is 4.66. The molecule has 0 N–H and O–H groups in total. The molecule has 0 saturated heterocycles. The van der Waals surface area contributed by atoms with Gasteiger partial charge in [0, 0.05) is 20.4 Å². The number of ketones is 1. The smallest absolute Gasteiger partial charge is 0.164 e. The summed E-state index contributed by atoms with van der Waals surface area (Å²) >= 11 is 0. The number of Topliss-reactive ketones (excluding diaryl/α,β-unsaturated/α-hetero) is 1. The van der Waals surface area contributed by atoms with E-state index in [4.69, 9.17) is 9.47 Å². The molecule has 1 heterocycles. The van der Waals surface area contributed by atoms with Crippen LogP contribution in [0.1, 0.15) is 5.69 Å². The first kappa shape index (κ1) is 11.8. The van der Waals surface area contributed by atoms with Crippen molar-refractivity contribution in [2.24, 2.45) is 7.05 Å². The number of ether oxygens (including phenoxy) is 2. The van der Waals surface area contributed by atoms with E-state index in [0.29, 0.717) is 18.9 Å². The standard InChI is InChI=1S/C9H15N3O3/c1-12-6-8(10-11-12)5-9(13)7-15-4-3-14-2/h6H,3-5,7H2,1-2H3. The van der Waals surface area contributed by atoms with Crippen molar-refractivity contribution < 1.29 is 14.3 Å². The molecule has 0 unspecified atom stereocenters. The monoisotopic (exact) mass is 213 g/mol. The molecular weight excluding hydrogens is 198 g/mol. The minimum absolute atomic E-state index is 0.00777. The topological polar surface area (TPSA) is 66.2 Å². The lowest BCUT2D eigenvalue weighted by molar-refractivity contribution is -0.123. The van der Waals surface area contributed by atoms with Gasteiger partial charge in [-0.05, 0) is 0 Å². The number of carbonyl (C=O) groups is 1. The molecule has 0 aliphatic heterocycles. The van der Waals surface area contributed by atoms with E-state index in [0.717, 1.165) is 0 Å². The van der Waals surface area contributed by atoms with Crippen LogP contribution in [-0.4, -0.2) is 47.7 Å². The third-order valence-electron chi connectivity index (χ3n) is 1.72. The lowest BCUT2D eigenvalue weighted by atomic mass is 10.2. The van der Waals surface area contributed by atoms with Crippen LogP contribution in [0, 0.1) is 0 Å². The quantitative estimate of drug-likeness (QED) is 0.576. The van der Waals surface area contributed by atoms with Crippen LogP contribution in [0.25, 0.3) is 0 Å². The summed E-state index contributed by atoms with van der Waals surface area (Å²) in [5.74, 6) is -0.00777. The zero-order chi connectivity index (χ0) is 11.1. The lowest BCUT2D eigenvalue weighted by Crippen LogP contribution is -2.14. The summed E-state index contributed by atoms with van der Waals surface area (Å²) in [4.78, 5) is 11.3. The van der Waals surface area contributed by atoms with Gasteiger partial charge >= 0.3 is 0 Å².